The number of primary amides is 1. The van der Waals surface area contributed by atoms with Gasteiger partial charge in [-0.2, -0.15) is 13.4 Å². The molecular formula is C24H30N5O4S+. The number of quaternary nitrogens is 1. The molecule has 0 spiro atoms. The molecule has 0 bridgehead atoms. The lowest BCUT2D eigenvalue weighted by atomic mass is 9.79. The minimum Gasteiger partial charge on any atom is -0.381 e. The van der Waals surface area contributed by atoms with Crippen molar-refractivity contribution in [2.45, 2.75) is 38.2 Å². The Labute approximate surface area is 199 Å². The first-order valence-electron chi connectivity index (χ1n) is 11.6. The molecule has 2 fully saturated rings. The molecule has 1 amide bonds. The van der Waals surface area contributed by atoms with Crippen molar-refractivity contribution in [2.24, 2.45) is 16.8 Å². The molecule has 1 saturated heterocycles. The molecule has 1 aromatic heterocycles. The van der Waals surface area contributed by atoms with Gasteiger partial charge in [-0.15, -0.1) is 0 Å². The second-order valence-electron chi connectivity index (χ2n) is 9.27. The third-order valence-electron chi connectivity index (χ3n) is 7.22. The predicted molar refractivity (Wildman–Crippen MR) is 132 cm³/mol. The fourth-order valence-corrected chi connectivity index (χ4v) is 6.33. The third-order valence-corrected chi connectivity index (χ3v) is 8.64. The van der Waals surface area contributed by atoms with Crippen molar-refractivity contribution in [3.8, 4) is 0 Å². The number of para-hydroxylation sites is 1. The van der Waals surface area contributed by atoms with Gasteiger partial charge < -0.3 is 15.4 Å². The molecule has 10 heteroatoms. The van der Waals surface area contributed by atoms with Crippen LogP contribution < -0.4 is 14.6 Å². The second-order valence-corrected chi connectivity index (χ2v) is 11.3. The van der Waals surface area contributed by atoms with E-state index < -0.39 is 19.9 Å². The number of rotatable bonds is 6. The highest BCUT2D eigenvalue weighted by atomic mass is 32.2. The quantitative estimate of drug-likeness (QED) is 0.631. The van der Waals surface area contributed by atoms with Crippen LogP contribution in [0.25, 0.3) is 0 Å². The average molecular weight is 485 g/mol. The number of carbonyl (C=O) groups excluding carboxylic acids is 1. The van der Waals surface area contributed by atoms with Crippen LogP contribution in [0.4, 0.5) is 17.2 Å². The summed E-state index contributed by atoms with van der Waals surface area (Å²) in [4.78, 5) is 19.1. The van der Waals surface area contributed by atoms with Crippen molar-refractivity contribution < 1.29 is 17.9 Å². The fraction of sp³-hybridized carbons (Fsp3) is 0.458. The number of ether oxygens (including phenoxy) is 1. The van der Waals surface area contributed by atoms with E-state index in [1.807, 2.05) is 6.07 Å². The molecule has 0 radical (unpaired) electrons. The first-order valence-corrected chi connectivity index (χ1v) is 13.5. The van der Waals surface area contributed by atoms with Gasteiger partial charge in [0.2, 0.25) is 0 Å². The summed E-state index contributed by atoms with van der Waals surface area (Å²) < 4.78 is 31.8. The largest absolute Gasteiger partial charge is 0.381 e. The molecular weight excluding hydrogens is 454 g/mol. The van der Waals surface area contributed by atoms with Gasteiger partial charge in [-0.25, -0.2) is 0 Å². The van der Waals surface area contributed by atoms with Crippen LogP contribution in [0.2, 0.25) is 0 Å². The van der Waals surface area contributed by atoms with Gasteiger partial charge in [-0.3, -0.25) is 4.79 Å². The van der Waals surface area contributed by atoms with Crippen LogP contribution in [0.5, 0.6) is 0 Å². The predicted octanol–water partition coefficient (Wildman–Crippen LogP) is 2.91. The van der Waals surface area contributed by atoms with Crippen molar-refractivity contribution in [3.05, 3.63) is 47.7 Å². The minimum atomic E-state index is -3.89. The molecule has 34 heavy (non-hydrogen) atoms. The van der Waals surface area contributed by atoms with E-state index in [9.17, 15) is 13.2 Å². The van der Waals surface area contributed by atoms with Gasteiger partial charge in [0.15, 0.2) is 5.69 Å². The number of aromatic nitrogens is 1. The lowest BCUT2D eigenvalue weighted by Crippen LogP contribution is -2.43. The summed E-state index contributed by atoms with van der Waals surface area (Å²) in [6.07, 6.45) is 5.97. The maximum atomic E-state index is 13.5. The van der Waals surface area contributed by atoms with Gasteiger partial charge in [-0.1, -0.05) is 29.7 Å². The maximum absolute atomic E-state index is 13.5. The Balaban J connectivity index is 1.80. The molecule has 2 aromatic rings. The summed E-state index contributed by atoms with van der Waals surface area (Å²) in [5, 5.41) is 4.94. The number of hydrogen-bond acceptors (Lipinski definition) is 7. The molecule has 1 saturated carbocycles. The van der Waals surface area contributed by atoms with Crippen molar-refractivity contribution in [1.82, 2.24) is 8.98 Å². The summed E-state index contributed by atoms with van der Waals surface area (Å²) in [5.41, 5.74) is 8.43. The molecule has 1 aromatic carbocycles. The highest BCUT2D eigenvalue weighted by Gasteiger charge is 2.56. The highest BCUT2D eigenvalue weighted by Crippen LogP contribution is 2.50. The number of fused-ring (bicyclic) bond motifs is 1. The molecule has 5 rings (SSSR count). The Morgan fingerprint density at radius 3 is 2.35 bits per heavy atom. The lowest BCUT2D eigenvalue weighted by Gasteiger charge is -2.34. The first-order chi connectivity index (χ1) is 16.3. The zero-order valence-corrected chi connectivity index (χ0v) is 20.3. The molecule has 3 heterocycles. The van der Waals surface area contributed by atoms with Gasteiger partial charge in [0.25, 0.3) is 11.7 Å². The van der Waals surface area contributed by atoms with Crippen molar-refractivity contribution in [3.63, 3.8) is 0 Å². The number of anilines is 1. The van der Waals surface area contributed by atoms with Gasteiger partial charge >= 0.3 is 10.0 Å². The van der Waals surface area contributed by atoms with Crippen LogP contribution in [0.15, 0.2) is 41.5 Å². The first kappa shape index (κ1) is 22.9. The number of piperidine rings is 1. The number of pyridine rings is 1. The van der Waals surface area contributed by atoms with Crippen LogP contribution >= 0.6 is 0 Å². The standard InChI is InChI=1S/C24H29N5O4S/c1-33-18-11-13-28(14-12-18)20-15-19(23(25)30)26-24-21(20)22(16-7-6-8-16)27-29(24,34(2,31)32)17-9-4-3-5-10-17/h3-5,9-10,15-16,18H,6-8,11-14H2,1-2H3,(H-,25,30)/p+1. The van der Waals surface area contributed by atoms with E-state index in [1.165, 1.54) is 6.26 Å². The van der Waals surface area contributed by atoms with E-state index in [4.69, 9.17) is 15.6 Å². The Bertz CT molecular complexity index is 1250. The molecule has 1 unspecified atom stereocenters. The molecule has 9 nitrogen and oxygen atoms in total. The Morgan fingerprint density at radius 2 is 1.82 bits per heavy atom. The van der Waals surface area contributed by atoms with Crippen molar-refractivity contribution >= 4 is 38.8 Å². The van der Waals surface area contributed by atoms with Gasteiger partial charge in [0, 0.05) is 38.2 Å². The third kappa shape index (κ3) is 3.52. The second kappa shape index (κ2) is 8.44. The summed E-state index contributed by atoms with van der Waals surface area (Å²) in [5.74, 6) is -0.316. The van der Waals surface area contributed by atoms with Gasteiger partial charge in [0.05, 0.1) is 18.0 Å². The van der Waals surface area contributed by atoms with Crippen LogP contribution in [-0.4, -0.2) is 57.6 Å². The molecule has 2 N–H and O–H groups in total. The number of nitrogens with zero attached hydrogens (tertiary/aromatic N) is 4. The van der Waals surface area contributed by atoms with E-state index in [2.05, 4.69) is 9.88 Å². The summed E-state index contributed by atoms with van der Waals surface area (Å²) >= 11 is 0. The number of methoxy groups -OCH3 is 1. The van der Waals surface area contributed by atoms with Crippen LogP contribution in [0.1, 0.15) is 48.2 Å². The monoisotopic (exact) mass is 484 g/mol. The highest BCUT2D eigenvalue weighted by molar-refractivity contribution is 7.90. The molecule has 2 aliphatic heterocycles. The van der Waals surface area contributed by atoms with E-state index in [-0.39, 0.29) is 23.5 Å². The van der Waals surface area contributed by atoms with E-state index >= 15 is 0 Å². The summed E-state index contributed by atoms with van der Waals surface area (Å²) in [6.45, 7) is 1.44. The Morgan fingerprint density at radius 1 is 1.15 bits per heavy atom. The zero-order chi connectivity index (χ0) is 24.1. The number of sulfonamides is 1. The fourth-order valence-electron chi connectivity index (χ4n) is 5.14. The zero-order valence-electron chi connectivity index (χ0n) is 19.5. The number of carbonyl (C=O) groups is 1. The average Bonchev–Trinajstić information content (AvgIpc) is 3.14. The number of amides is 1. The number of benzene rings is 1. The SMILES string of the molecule is COC1CCN(c2cc(C(N)=O)nc3c2C(C2CCC2)=N[N+]3(c2ccccc2)S(C)(=O)=O)CC1. The molecule has 1 atom stereocenters. The van der Waals surface area contributed by atoms with E-state index in [1.54, 1.807) is 37.4 Å². The maximum Gasteiger partial charge on any atom is 0.329 e. The minimum absolute atomic E-state index is 0.0368. The van der Waals surface area contributed by atoms with E-state index in [0.29, 0.717) is 5.69 Å². The molecule has 3 aliphatic rings. The van der Waals surface area contributed by atoms with Crippen LogP contribution in [-0.2, 0) is 14.8 Å². The number of nitrogens with two attached hydrogens (primary N) is 1. The van der Waals surface area contributed by atoms with Gasteiger partial charge in [0.1, 0.15) is 17.0 Å². The Kier molecular flexibility index (Phi) is 5.70. The topological polar surface area (TPSA) is 115 Å². The number of hydrogen-bond donors (Lipinski definition) is 1. The lowest BCUT2D eigenvalue weighted by molar-refractivity contribution is 0.0819. The van der Waals surface area contributed by atoms with Crippen molar-refractivity contribution in [1.29, 1.82) is 0 Å². The normalized spacial score (nSPS) is 23.4. The Hall–Kier alpha value is -2.82. The smallest absolute Gasteiger partial charge is 0.329 e. The van der Waals surface area contributed by atoms with Crippen LogP contribution in [0, 0.1) is 5.92 Å². The summed E-state index contributed by atoms with van der Waals surface area (Å²) in [6, 6.07) is 10.6. The van der Waals surface area contributed by atoms with E-state index in [0.717, 1.165) is 62.2 Å². The van der Waals surface area contributed by atoms with Crippen LogP contribution in [0.3, 0.4) is 0 Å². The van der Waals surface area contributed by atoms with Crippen molar-refractivity contribution in [2.75, 3.05) is 31.4 Å². The molecule has 180 valence electrons. The molecule has 1 aliphatic carbocycles. The van der Waals surface area contributed by atoms with Gasteiger partial charge in [-0.05, 0) is 35.7 Å². The summed E-state index contributed by atoms with van der Waals surface area (Å²) in [7, 11) is -2.17.